The molecule has 1 N–H and O–H groups in total. The Balaban J connectivity index is 1.69. The van der Waals surface area contributed by atoms with Crippen LogP contribution < -0.4 is 5.32 Å². The standard InChI is InChI=1S/C19H31N3O4S/c1-12-7-5-9-17(13(12)2)20-19(23)16-8-6-10-22(11-16)27(24,25)18-14(3)21-26-15(18)4/h12-13,16-17H,5-11H2,1-4H3,(H,20,23). The largest absolute Gasteiger partial charge is 0.360 e. The molecule has 0 spiro atoms. The number of nitrogens with one attached hydrogen (secondary N) is 1. The van der Waals surface area contributed by atoms with Crippen LogP contribution in [0.1, 0.15) is 57.4 Å². The lowest BCUT2D eigenvalue weighted by molar-refractivity contribution is -0.127. The van der Waals surface area contributed by atoms with Gasteiger partial charge in [0.1, 0.15) is 10.6 Å². The Morgan fingerprint density at radius 1 is 1.19 bits per heavy atom. The summed E-state index contributed by atoms with van der Waals surface area (Å²) < 4.78 is 32.5. The van der Waals surface area contributed by atoms with E-state index in [0.717, 1.165) is 19.3 Å². The number of carbonyl (C=O) groups excluding carboxylic acids is 1. The van der Waals surface area contributed by atoms with Crippen molar-refractivity contribution in [2.75, 3.05) is 13.1 Å². The fourth-order valence-electron chi connectivity index (χ4n) is 4.43. The van der Waals surface area contributed by atoms with Crippen LogP contribution >= 0.6 is 0 Å². The van der Waals surface area contributed by atoms with Crippen molar-refractivity contribution in [1.29, 1.82) is 0 Å². The highest BCUT2D eigenvalue weighted by Crippen LogP contribution is 2.31. The number of hydrogen-bond donors (Lipinski definition) is 1. The number of nitrogens with zero attached hydrogens (tertiary/aromatic N) is 2. The second kappa shape index (κ2) is 7.91. The first-order valence-electron chi connectivity index (χ1n) is 9.95. The Hall–Kier alpha value is -1.41. The zero-order valence-corrected chi connectivity index (χ0v) is 17.5. The van der Waals surface area contributed by atoms with E-state index in [2.05, 4.69) is 24.3 Å². The van der Waals surface area contributed by atoms with E-state index in [9.17, 15) is 13.2 Å². The fraction of sp³-hybridized carbons (Fsp3) is 0.789. The van der Waals surface area contributed by atoms with Gasteiger partial charge < -0.3 is 9.84 Å². The summed E-state index contributed by atoms with van der Waals surface area (Å²) in [6, 6.07) is 0.191. The van der Waals surface area contributed by atoms with Crippen LogP contribution in [-0.2, 0) is 14.8 Å². The summed E-state index contributed by atoms with van der Waals surface area (Å²) in [5, 5.41) is 6.97. The summed E-state index contributed by atoms with van der Waals surface area (Å²) >= 11 is 0. The number of rotatable bonds is 4. The van der Waals surface area contributed by atoms with Crippen molar-refractivity contribution in [3.63, 3.8) is 0 Å². The molecule has 1 aliphatic carbocycles. The Bertz CT molecular complexity index is 769. The van der Waals surface area contributed by atoms with E-state index < -0.39 is 10.0 Å². The van der Waals surface area contributed by atoms with Gasteiger partial charge in [-0.1, -0.05) is 31.8 Å². The summed E-state index contributed by atoms with van der Waals surface area (Å²) in [5.41, 5.74) is 0.365. The van der Waals surface area contributed by atoms with Gasteiger partial charge in [-0.3, -0.25) is 4.79 Å². The molecule has 1 aliphatic heterocycles. The van der Waals surface area contributed by atoms with Crippen LogP contribution in [0, 0.1) is 31.6 Å². The normalized spacial score (nSPS) is 30.2. The molecule has 1 aromatic rings. The van der Waals surface area contributed by atoms with E-state index in [4.69, 9.17) is 4.52 Å². The molecule has 1 aromatic heterocycles. The first kappa shape index (κ1) is 20.3. The van der Waals surface area contributed by atoms with Gasteiger partial charge in [-0.2, -0.15) is 4.31 Å². The number of piperidine rings is 1. The monoisotopic (exact) mass is 397 g/mol. The number of sulfonamides is 1. The molecule has 0 bridgehead atoms. The van der Waals surface area contributed by atoms with Crippen molar-refractivity contribution in [1.82, 2.24) is 14.8 Å². The Morgan fingerprint density at radius 3 is 2.59 bits per heavy atom. The van der Waals surface area contributed by atoms with Crippen molar-refractivity contribution in [2.45, 2.75) is 70.7 Å². The molecule has 4 unspecified atom stereocenters. The summed E-state index contributed by atoms with van der Waals surface area (Å²) in [4.78, 5) is 13.0. The van der Waals surface area contributed by atoms with Gasteiger partial charge in [-0.15, -0.1) is 0 Å². The molecule has 1 saturated heterocycles. The number of aromatic nitrogens is 1. The first-order chi connectivity index (χ1) is 12.7. The number of hydrogen-bond acceptors (Lipinski definition) is 5. The summed E-state index contributed by atoms with van der Waals surface area (Å²) in [5.74, 6) is 1.03. The minimum Gasteiger partial charge on any atom is -0.360 e. The molecule has 2 heterocycles. The topological polar surface area (TPSA) is 92.5 Å². The van der Waals surface area contributed by atoms with Crippen LogP contribution in [0.4, 0.5) is 0 Å². The third-order valence-electron chi connectivity index (χ3n) is 6.36. The summed E-state index contributed by atoms with van der Waals surface area (Å²) in [6.45, 7) is 8.31. The molecular formula is C19H31N3O4S. The molecule has 1 saturated carbocycles. The van der Waals surface area contributed by atoms with Gasteiger partial charge in [0.25, 0.3) is 0 Å². The maximum atomic E-state index is 13.0. The van der Waals surface area contributed by atoms with E-state index in [0.29, 0.717) is 36.3 Å². The maximum absolute atomic E-state index is 13.0. The van der Waals surface area contributed by atoms with Crippen molar-refractivity contribution in [3.8, 4) is 0 Å². The molecule has 3 rings (SSSR count). The highest BCUT2D eigenvalue weighted by atomic mass is 32.2. The quantitative estimate of drug-likeness (QED) is 0.843. The molecule has 8 heteroatoms. The van der Waals surface area contributed by atoms with E-state index >= 15 is 0 Å². The number of amides is 1. The second-order valence-electron chi connectivity index (χ2n) is 8.24. The van der Waals surface area contributed by atoms with Crippen LogP contribution in [0.5, 0.6) is 0 Å². The smallest absolute Gasteiger partial charge is 0.248 e. The third-order valence-corrected chi connectivity index (χ3v) is 8.47. The summed E-state index contributed by atoms with van der Waals surface area (Å²) in [7, 11) is -3.70. The van der Waals surface area contributed by atoms with E-state index in [-0.39, 0.29) is 29.3 Å². The Labute approximate surface area is 161 Å². The highest BCUT2D eigenvalue weighted by molar-refractivity contribution is 7.89. The van der Waals surface area contributed by atoms with Gasteiger partial charge in [0.15, 0.2) is 5.76 Å². The Morgan fingerprint density at radius 2 is 1.93 bits per heavy atom. The van der Waals surface area contributed by atoms with E-state index in [1.54, 1.807) is 13.8 Å². The molecule has 2 aliphatic rings. The van der Waals surface area contributed by atoms with Crippen LogP contribution in [0.15, 0.2) is 9.42 Å². The van der Waals surface area contributed by atoms with Gasteiger partial charge in [0, 0.05) is 19.1 Å². The molecule has 1 amide bonds. The van der Waals surface area contributed by atoms with Crippen molar-refractivity contribution >= 4 is 15.9 Å². The van der Waals surface area contributed by atoms with E-state index in [1.165, 1.54) is 10.7 Å². The SMILES string of the molecule is Cc1noc(C)c1S(=O)(=O)N1CCCC(C(=O)NC2CCCC(C)C2C)C1. The van der Waals surface area contributed by atoms with Crippen molar-refractivity contribution < 1.29 is 17.7 Å². The van der Waals surface area contributed by atoms with Crippen LogP contribution in [0.25, 0.3) is 0 Å². The van der Waals surface area contributed by atoms with E-state index in [1.807, 2.05) is 0 Å². The zero-order chi connectivity index (χ0) is 19.8. The lowest BCUT2D eigenvalue weighted by Crippen LogP contribution is -2.50. The molecule has 0 radical (unpaired) electrons. The lowest BCUT2D eigenvalue weighted by Gasteiger charge is -2.37. The molecule has 4 atom stereocenters. The van der Waals surface area contributed by atoms with Gasteiger partial charge >= 0.3 is 0 Å². The number of aryl methyl sites for hydroxylation is 2. The fourth-order valence-corrected chi connectivity index (χ4v) is 6.25. The van der Waals surface area contributed by atoms with Gasteiger partial charge in [-0.05, 0) is 44.9 Å². The number of carbonyl (C=O) groups is 1. The molecule has 0 aromatic carbocycles. The third kappa shape index (κ3) is 4.06. The molecule has 2 fully saturated rings. The average Bonchev–Trinajstić information content (AvgIpc) is 2.98. The first-order valence-corrected chi connectivity index (χ1v) is 11.4. The van der Waals surface area contributed by atoms with Crippen molar-refractivity contribution in [3.05, 3.63) is 11.5 Å². The predicted molar refractivity (Wildman–Crippen MR) is 102 cm³/mol. The second-order valence-corrected chi connectivity index (χ2v) is 10.1. The minimum absolute atomic E-state index is 0.0142. The summed E-state index contributed by atoms with van der Waals surface area (Å²) in [6.07, 6.45) is 4.74. The van der Waals surface area contributed by atoms with Gasteiger partial charge in [-0.25, -0.2) is 8.42 Å². The van der Waals surface area contributed by atoms with Crippen LogP contribution in [0.3, 0.4) is 0 Å². The van der Waals surface area contributed by atoms with Crippen molar-refractivity contribution in [2.24, 2.45) is 17.8 Å². The molecule has 152 valence electrons. The highest BCUT2D eigenvalue weighted by Gasteiger charge is 2.37. The zero-order valence-electron chi connectivity index (χ0n) is 16.7. The maximum Gasteiger partial charge on any atom is 0.248 e. The lowest BCUT2D eigenvalue weighted by atomic mass is 9.78. The minimum atomic E-state index is -3.70. The van der Waals surface area contributed by atoms with Crippen LogP contribution in [-0.4, -0.2) is 42.9 Å². The van der Waals surface area contributed by atoms with Gasteiger partial charge in [0.2, 0.25) is 15.9 Å². The Kier molecular flexibility index (Phi) is 5.96. The van der Waals surface area contributed by atoms with Crippen LogP contribution in [0.2, 0.25) is 0 Å². The average molecular weight is 398 g/mol. The molecule has 27 heavy (non-hydrogen) atoms. The molecule has 7 nitrogen and oxygen atoms in total. The predicted octanol–water partition coefficient (Wildman–Crippen LogP) is 2.63. The molecular weight excluding hydrogens is 366 g/mol. The van der Waals surface area contributed by atoms with Gasteiger partial charge in [0.05, 0.1) is 5.92 Å².